The predicted molar refractivity (Wildman–Crippen MR) is 94.2 cm³/mol. The molecule has 0 aliphatic carbocycles. The van der Waals surface area contributed by atoms with Crippen molar-refractivity contribution in [2.45, 2.75) is 32.0 Å². The van der Waals surface area contributed by atoms with Crippen molar-refractivity contribution in [3.63, 3.8) is 0 Å². The molecule has 150 valence electrons. The third kappa shape index (κ3) is 3.80. The van der Waals surface area contributed by atoms with E-state index in [1.54, 1.807) is 6.07 Å². The second kappa shape index (κ2) is 7.26. The highest BCUT2D eigenvalue weighted by Crippen LogP contribution is 2.40. The fourth-order valence-electron chi connectivity index (χ4n) is 2.54. The van der Waals surface area contributed by atoms with Crippen LogP contribution in [0.2, 0.25) is 10.0 Å². The first-order valence-corrected chi connectivity index (χ1v) is 8.56. The summed E-state index contributed by atoms with van der Waals surface area (Å²) in [5, 5.41) is 18.1. The molecule has 1 aliphatic heterocycles. The minimum Gasteiger partial charge on any atom is -0.470 e. The number of aromatic nitrogens is 2. The minimum atomic E-state index is -5.08. The number of amides is 1. The van der Waals surface area contributed by atoms with E-state index < -0.39 is 24.2 Å². The van der Waals surface area contributed by atoms with Crippen LogP contribution in [0.3, 0.4) is 0 Å². The van der Waals surface area contributed by atoms with E-state index in [1.165, 1.54) is 36.0 Å². The third-order valence-electron chi connectivity index (χ3n) is 3.88. The lowest BCUT2D eigenvalue weighted by molar-refractivity contribution is -0.297. The lowest BCUT2D eigenvalue weighted by Crippen LogP contribution is -2.56. The number of halogens is 5. The van der Waals surface area contributed by atoms with E-state index in [2.05, 4.69) is 10.2 Å². The molecule has 12 heteroatoms. The Bertz CT molecular complexity index is 947. The van der Waals surface area contributed by atoms with Gasteiger partial charge >= 0.3 is 6.18 Å². The van der Waals surface area contributed by atoms with Crippen LogP contribution in [0.5, 0.6) is 5.75 Å². The van der Waals surface area contributed by atoms with Gasteiger partial charge in [0.2, 0.25) is 0 Å². The van der Waals surface area contributed by atoms with E-state index in [0.29, 0.717) is 10.8 Å². The maximum absolute atomic E-state index is 13.2. The molecule has 3 rings (SSSR count). The Kier molecular flexibility index (Phi) is 5.30. The number of hydrogen-bond acceptors (Lipinski definition) is 5. The molecule has 1 N–H and O–H groups in total. The average molecular weight is 437 g/mol. The molecule has 0 bridgehead atoms. The van der Waals surface area contributed by atoms with Crippen LogP contribution in [0.1, 0.15) is 23.8 Å². The third-order valence-corrected chi connectivity index (χ3v) is 4.41. The van der Waals surface area contributed by atoms with Crippen LogP contribution in [0.25, 0.3) is 0 Å². The fourth-order valence-corrected chi connectivity index (χ4v) is 3.00. The largest absolute Gasteiger partial charge is 0.470 e. The van der Waals surface area contributed by atoms with Crippen LogP contribution in [-0.4, -0.2) is 43.4 Å². The summed E-state index contributed by atoms with van der Waals surface area (Å²) in [5.74, 6) is -0.888. The molecule has 0 unspecified atom stereocenters. The number of hydrazone groups is 1. The number of rotatable bonds is 4. The average Bonchev–Trinajstić information content (AvgIpc) is 3.18. The molecule has 1 amide bonds. The molecular weight excluding hydrogens is 424 g/mol. The Hall–Kier alpha value is -2.30. The smallest absolute Gasteiger partial charge is 0.438 e. The number of aliphatic hydroxyl groups is 1. The van der Waals surface area contributed by atoms with Gasteiger partial charge in [-0.2, -0.15) is 28.4 Å². The zero-order chi connectivity index (χ0) is 20.7. The number of hydrogen-bond donors (Lipinski definition) is 1. The van der Waals surface area contributed by atoms with E-state index in [1.807, 2.05) is 0 Å². The molecule has 1 aliphatic rings. The van der Waals surface area contributed by atoms with Crippen molar-refractivity contribution in [1.29, 1.82) is 0 Å². The Morgan fingerprint density at radius 2 is 2.07 bits per heavy atom. The zero-order valence-electron chi connectivity index (χ0n) is 14.2. The Morgan fingerprint density at radius 1 is 1.36 bits per heavy atom. The van der Waals surface area contributed by atoms with E-state index in [4.69, 9.17) is 27.9 Å². The van der Waals surface area contributed by atoms with Crippen LogP contribution in [0.15, 0.2) is 35.6 Å². The fraction of sp³-hybridized carbons (Fsp3) is 0.312. The maximum Gasteiger partial charge on any atom is 0.438 e. The standard InChI is InChI=1S/C16H13Cl2F3N4O3/c1-9-7-15(27,16(19,20)21)25(22-9)14(26)12-4-5-24(23-12)8-28-13-3-2-10(17)6-11(13)18/h2-6,27H,7-8H2,1H3/t15-/m0/s1. The van der Waals surface area contributed by atoms with Gasteiger partial charge in [0.15, 0.2) is 12.4 Å². The molecule has 1 aromatic heterocycles. The Balaban J connectivity index is 1.75. The first kappa shape index (κ1) is 20.4. The molecule has 0 saturated heterocycles. The van der Waals surface area contributed by atoms with Crippen molar-refractivity contribution in [1.82, 2.24) is 14.8 Å². The van der Waals surface area contributed by atoms with Crippen LogP contribution in [0, 0.1) is 0 Å². The van der Waals surface area contributed by atoms with Crippen LogP contribution >= 0.6 is 23.2 Å². The second-order valence-corrected chi connectivity index (χ2v) is 6.88. The van der Waals surface area contributed by atoms with Crippen LogP contribution in [0.4, 0.5) is 13.2 Å². The summed E-state index contributed by atoms with van der Waals surface area (Å²) < 4.78 is 46.3. The minimum absolute atomic E-state index is 0.00588. The molecular formula is C16H13Cl2F3N4O3. The number of carbonyl (C=O) groups is 1. The molecule has 0 fully saturated rings. The quantitative estimate of drug-likeness (QED) is 0.792. The number of alkyl halides is 3. The summed E-state index contributed by atoms with van der Waals surface area (Å²) in [7, 11) is 0. The Morgan fingerprint density at radius 3 is 2.71 bits per heavy atom. The molecule has 2 aromatic rings. The molecule has 2 heterocycles. The van der Waals surface area contributed by atoms with Gasteiger partial charge in [-0.3, -0.25) is 4.79 Å². The first-order chi connectivity index (χ1) is 13.0. The van der Waals surface area contributed by atoms with Gasteiger partial charge in [-0.25, -0.2) is 4.68 Å². The molecule has 7 nitrogen and oxygen atoms in total. The zero-order valence-corrected chi connectivity index (χ0v) is 15.8. The highest BCUT2D eigenvalue weighted by molar-refractivity contribution is 6.35. The number of carbonyl (C=O) groups excluding carboxylic acids is 1. The summed E-state index contributed by atoms with van der Waals surface area (Å²) in [4.78, 5) is 12.4. The van der Waals surface area contributed by atoms with Gasteiger partial charge in [0.05, 0.1) is 5.02 Å². The van der Waals surface area contributed by atoms with Gasteiger partial charge in [0.25, 0.3) is 11.6 Å². The van der Waals surface area contributed by atoms with Crippen molar-refractivity contribution in [2.75, 3.05) is 0 Å². The van der Waals surface area contributed by atoms with Crippen molar-refractivity contribution in [3.8, 4) is 5.75 Å². The van der Waals surface area contributed by atoms with Crippen LogP contribution in [-0.2, 0) is 6.73 Å². The number of ether oxygens (including phenoxy) is 1. The lowest BCUT2D eigenvalue weighted by Gasteiger charge is -2.32. The highest BCUT2D eigenvalue weighted by Gasteiger charge is 2.63. The van der Waals surface area contributed by atoms with E-state index >= 15 is 0 Å². The van der Waals surface area contributed by atoms with Crippen molar-refractivity contribution in [3.05, 3.63) is 46.2 Å². The van der Waals surface area contributed by atoms with Gasteiger partial charge in [0, 0.05) is 23.4 Å². The molecule has 28 heavy (non-hydrogen) atoms. The lowest BCUT2D eigenvalue weighted by atomic mass is 10.1. The Labute approximate surface area is 166 Å². The molecule has 1 atom stereocenters. The summed E-state index contributed by atoms with van der Waals surface area (Å²) >= 11 is 11.8. The SMILES string of the molecule is CC1=NN(C(=O)c2ccn(COc3ccc(Cl)cc3Cl)n2)[C@@](O)(C(F)(F)F)C1. The van der Waals surface area contributed by atoms with E-state index in [-0.39, 0.29) is 28.2 Å². The number of nitrogens with zero attached hydrogens (tertiary/aromatic N) is 4. The number of benzene rings is 1. The van der Waals surface area contributed by atoms with Gasteiger partial charge in [-0.1, -0.05) is 23.2 Å². The molecule has 0 spiro atoms. The van der Waals surface area contributed by atoms with E-state index in [9.17, 15) is 23.1 Å². The van der Waals surface area contributed by atoms with Gasteiger partial charge in [-0.15, -0.1) is 0 Å². The normalized spacial score (nSPS) is 19.7. The molecule has 0 saturated carbocycles. The molecule has 1 aromatic carbocycles. The predicted octanol–water partition coefficient (Wildman–Crippen LogP) is 3.70. The van der Waals surface area contributed by atoms with Crippen molar-refractivity contribution < 1.29 is 27.8 Å². The molecule has 0 radical (unpaired) electrons. The van der Waals surface area contributed by atoms with Gasteiger partial charge in [0.1, 0.15) is 5.75 Å². The summed E-state index contributed by atoms with van der Waals surface area (Å²) in [6.07, 6.45) is -4.58. The van der Waals surface area contributed by atoms with Crippen molar-refractivity contribution >= 4 is 34.8 Å². The second-order valence-electron chi connectivity index (χ2n) is 6.03. The van der Waals surface area contributed by atoms with Crippen molar-refractivity contribution in [2.24, 2.45) is 5.10 Å². The monoisotopic (exact) mass is 436 g/mol. The maximum atomic E-state index is 13.2. The summed E-state index contributed by atoms with van der Waals surface area (Å²) in [6, 6.07) is 5.76. The van der Waals surface area contributed by atoms with Gasteiger partial charge < -0.3 is 9.84 Å². The van der Waals surface area contributed by atoms with E-state index in [0.717, 1.165) is 0 Å². The van der Waals surface area contributed by atoms with Gasteiger partial charge in [-0.05, 0) is 31.2 Å². The first-order valence-electron chi connectivity index (χ1n) is 7.80. The summed E-state index contributed by atoms with van der Waals surface area (Å²) in [6.45, 7) is 1.12. The van der Waals surface area contributed by atoms with Crippen LogP contribution < -0.4 is 4.74 Å². The summed E-state index contributed by atoms with van der Waals surface area (Å²) in [5.41, 5.74) is -3.79. The topological polar surface area (TPSA) is 80.0 Å². The highest BCUT2D eigenvalue weighted by atomic mass is 35.5.